The first-order valence-corrected chi connectivity index (χ1v) is 10.9. The average molecular weight is 439 g/mol. The molecule has 2 aromatic carbocycles. The number of anilines is 2. The molecule has 162 valence electrons. The Balaban J connectivity index is 1.77. The molecule has 3 rings (SSSR count). The van der Waals surface area contributed by atoms with Crippen molar-refractivity contribution >= 4 is 34.6 Å². The van der Waals surface area contributed by atoms with E-state index in [1.54, 1.807) is 24.3 Å². The Bertz CT molecular complexity index is 1060. The van der Waals surface area contributed by atoms with Gasteiger partial charge in [0.05, 0.1) is 23.7 Å². The average Bonchev–Trinajstić information content (AvgIpc) is 3.11. The van der Waals surface area contributed by atoms with Crippen molar-refractivity contribution in [1.82, 2.24) is 10.3 Å². The molecule has 31 heavy (non-hydrogen) atoms. The number of carbonyl (C=O) groups is 2. The second kappa shape index (κ2) is 10.1. The van der Waals surface area contributed by atoms with E-state index < -0.39 is 0 Å². The number of nitrogens with one attached hydrogen (secondary N) is 3. The fraction of sp³-hybridized carbons (Fsp3) is 0.261. The van der Waals surface area contributed by atoms with Gasteiger partial charge in [0.2, 0.25) is 0 Å². The second-order valence-electron chi connectivity index (χ2n) is 7.14. The van der Waals surface area contributed by atoms with E-state index in [-0.39, 0.29) is 18.0 Å². The third kappa shape index (κ3) is 5.82. The molecule has 7 nitrogen and oxygen atoms in total. The predicted molar refractivity (Wildman–Crippen MR) is 125 cm³/mol. The van der Waals surface area contributed by atoms with Gasteiger partial charge in [0.1, 0.15) is 15.6 Å². The zero-order valence-electron chi connectivity index (χ0n) is 18.0. The lowest BCUT2D eigenvalue weighted by molar-refractivity contribution is 0.102. The van der Waals surface area contributed by atoms with Crippen molar-refractivity contribution in [1.29, 1.82) is 0 Å². The normalized spacial score (nSPS) is 10.6. The summed E-state index contributed by atoms with van der Waals surface area (Å²) in [6.07, 6.45) is 0. The number of urea groups is 1. The number of rotatable bonds is 7. The maximum atomic E-state index is 12.9. The summed E-state index contributed by atoms with van der Waals surface area (Å²) in [7, 11) is 0. The van der Waals surface area contributed by atoms with Crippen LogP contribution < -0.4 is 20.7 Å². The van der Waals surface area contributed by atoms with Gasteiger partial charge >= 0.3 is 6.03 Å². The van der Waals surface area contributed by atoms with E-state index in [0.717, 1.165) is 16.3 Å². The summed E-state index contributed by atoms with van der Waals surface area (Å²) in [4.78, 5) is 30.1. The molecule has 3 N–H and O–H groups in total. The zero-order valence-corrected chi connectivity index (χ0v) is 18.8. The van der Waals surface area contributed by atoms with Crippen LogP contribution in [0.5, 0.6) is 5.75 Å². The maximum Gasteiger partial charge on any atom is 0.319 e. The maximum absolute atomic E-state index is 12.9. The number of carbonyl (C=O) groups excluding carboxylic acids is 2. The summed E-state index contributed by atoms with van der Waals surface area (Å²) >= 11 is 1.32. The van der Waals surface area contributed by atoms with Crippen LogP contribution >= 0.6 is 11.3 Å². The fourth-order valence-electron chi connectivity index (χ4n) is 2.89. The van der Waals surface area contributed by atoms with Crippen molar-refractivity contribution in [2.24, 2.45) is 0 Å². The number of aromatic nitrogens is 1. The third-order valence-corrected chi connectivity index (χ3v) is 5.46. The van der Waals surface area contributed by atoms with Gasteiger partial charge in [-0.1, -0.05) is 12.1 Å². The molecule has 0 radical (unpaired) electrons. The van der Waals surface area contributed by atoms with Crippen molar-refractivity contribution in [2.75, 3.05) is 17.2 Å². The quantitative estimate of drug-likeness (QED) is 0.467. The second-order valence-corrected chi connectivity index (χ2v) is 8.14. The Labute approximate surface area is 185 Å². The Kier molecular flexibility index (Phi) is 7.25. The molecule has 0 bridgehead atoms. The minimum absolute atomic E-state index is 0.00242. The van der Waals surface area contributed by atoms with E-state index in [1.165, 1.54) is 11.3 Å². The van der Waals surface area contributed by atoms with Crippen molar-refractivity contribution in [3.63, 3.8) is 0 Å². The number of ether oxygens (including phenoxy) is 1. The van der Waals surface area contributed by atoms with Gasteiger partial charge in [0.15, 0.2) is 0 Å². The molecule has 0 atom stereocenters. The third-order valence-electron chi connectivity index (χ3n) is 4.26. The molecule has 0 fully saturated rings. The van der Waals surface area contributed by atoms with E-state index in [1.807, 2.05) is 52.0 Å². The molecule has 0 aliphatic heterocycles. The molecule has 3 amide bonds. The molecule has 0 saturated heterocycles. The number of hydrogen-bond donors (Lipinski definition) is 3. The summed E-state index contributed by atoms with van der Waals surface area (Å²) < 4.78 is 5.47. The number of aryl methyl sites for hydroxylation is 1. The van der Waals surface area contributed by atoms with Crippen LogP contribution in [-0.4, -0.2) is 29.6 Å². The van der Waals surface area contributed by atoms with Gasteiger partial charge in [-0.3, -0.25) is 4.79 Å². The summed E-state index contributed by atoms with van der Waals surface area (Å²) in [6, 6.07) is 14.4. The van der Waals surface area contributed by atoms with Gasteiger partial charge in [-0.2, -0.15) is 0 Å². The lowest BCUT2D eigenvalue weighted by atomic mass is 10.2. The molecule has 0 spiro atoms. The van der Waals surface area contributed by atoms with Crippen molar-refractivity contribution in [2.45, 2.75) is 33.7 Å². The summed E-state index contributed by atoms with van der Waals surface area (Å²) in [5.41, 5.74) is 2.60. The number of nitrogens with zero attached hydrogens (tertiary/aromatic N) is 1. The Hall–Kier alpha value is -3.39. The topological polar surface area (TPSA) is 92.3 Å². The Morgan fingerprint density at radius 1 is 1.03 bits per heavy atom. The SMILES string of the molecule is CCOc1ccc(-c2nc(C)c(C(=O)Nc3ccccc3NC(=O)NC(C)C)s2)cc1. The minimum atomic E-state index is -0.330. The van der Waals surface area contributed by atoms with Gasteiger partial charge in [-0.15, -0.1) is 11.3 Å². The first kappa shape index (κ1) is 22.3. The van der Waals surface area contributed by atoms with Crippen LogP contribution in [0.25, 0.3) is 10.6 Å². The number of benzene rings is 2. The molecule has 1 heterocycles. The standard InChI is InChI=1S/C23H26N4O3S/c1-5-30-17-12-10-16(11-13-17)22-25-15(4)20(31-22)21(28)26-18-8-6-7-9-19(18)27-23(29)24-14(2)3/h6-14H,5H2,1-4H3,(H,26,28)(H2,24,27,29). The van der Waals surface area contributed by atoms with Crippen LogP contribution in [0, 0.1) is 6.92 Å². The van der Waals surface area contributed by atoms with E-state index >= 15 is 0 Å². The van der Waals surface area contributed by atoms with E-state index in [9.17, 15) is 9.59 Å². The Morgan fingerprint density at radius 2 is 1.68 bits per heavy atom. The highest BCUT2D eigenvalue weighted by molar-refractivity contribution is 7.17. The first-order valence-electron chi connectivity index (χ1n) is 10.1. The lowest BCUT2D eigenvalue weighted by Gasteiger charge is -2.14. The van der Waals surface area contributed by atoms with E-state index in [4.69, 9.17) is 4.74 Å². The molecule has 0 aliphatic rings. The Morgan fingerprint density at radius 3 is 2.29 bits per heavy atom. The van der Waals surface area contributed by atoms with Gasteiger partial charge in [0, 0.05) is 11.6 Å². The fourth-order valence-corrected chi connectivity index (χ4v) is 3.86. The van der Waals surface area contributed by atoms with Gasteiger partial charge in [0.25, 0.3) is 5.91 Å². The zero-order chi connectivity index (χ0) is 22.4. The van der Waals surface area contributed by atoms with E-state index in [0.29, 0.717) is 28.6 Å². The predicted octanol–water partition coefficient (Wildman–Crippen LogP) is 5.30. The number of amides is 3. The molecular formula is C23H26N4O3S. The smallest absolute Gasteiger partial charge is 0.319 e. The number of para-hydroxylation sites is 2. The highest BCUT2D eigenvalue weighted by Gasteiger charge is 2.18. The van der Waals surface area contributed by atoms with Crippen molar-refractivity contribution in [3.8, 4) is 16.3 Å². The van der Waals surface area contributed by atoms with Gasteiger partial charge in [-0.05, 0) is 64.1 Å². The highest BCUT2D eigenvalue weighted by atomic mass is 32.1. The minimum Gasteiger partial charge on any atom is -0.494 e. The highest BCUT2D eigenvalue weighted by Crippen LogP contribution is 2.30. The number of thiazole rings is 1. The van der Waals surface area contributed by atoms with E-state index in [2.05, 4.69) is 20.9 Å². The van der Waals surface area contributed by atoms with Crippen LogP contribution in [0.4, 0.5) is 16.2 Å². The largest absolute Gasteiger partial charge is 0.494 e. The van der Waals surface area contributed by atoms with Crippen LogP contribution in [0.2, 0.25) is 0 Å². The van der Waals surface area contributed by atoms with Crippen LogP contribution in [0.3, 0.4) is 0 Å². The van der Waals surface area contributed by atoms with Gasteiger partial charge in [-0.25, -0.2) is 9.78 Å². The molecular weight excluding hydrogens is 412 g/mol. The van der Waals surface area contributed by atoms with Crippen molar-refractivity contribution < 1.29 is 14.3 Å². The van der Waals surface area contributed by atoms with Crippen LogP contribution in [0.15, 0.2) is 48.5 Å². The first-order chi connectivity index (χ1) is 14.9. The number of hydrogen-bond acceptors (Lipinski definition) is 5. The van der Waals surface area contributed by atoms with Crippen molar-refractivity contribution in [3.05, 3.63) is 59.1 Å². The molecule has 8 heteroatoms. The molecule has 3 aromatic rings. The monoisotopic (exact) mass is 438 g/mol. The molecule has 0 aliphatic carbocycles. The van der Waals surface area contributed by atoms with Crippen LogP contribution in [0.1, 0.15) is 36.1 Å². The van der Waals surface area contributed by atoms with Crippen LogP contribution in [-0.2, 0) is 0 Å². The molecule has 0 unspecified atom stereocenters. The summed E-state index contributed by atoms with van der Waals surface area (Å²) in [5.74, 6) is 0.522. The van der Waals surface area contributed by atoms with Gasteiger partial charge < -0.3 is 20.7 Å². The lowest BCUT2D eigenvalue weighted by Crippen LogP contribution is -2.34. The molecule has 1 aromatic heterocycles. The molecule has 0 saturated carbocycles. The summed E-state index contributed by atoms with van der Waals surface area (Å²) in [5, 5.41) is 9.18. The summed E-state index contributed by atoms with van der Waals surface area (Å²) in [6.45, 7) is 8.11.